The molecular formula is C38H45N9O6. The van der Waals surface area contributed by atoms with Gasteiger partial charge in [-0.25, -0.2) is 24.5 Å². The number of aryl methyl sites for hydroxylation is 1. The first-order valence-corrected chi connectivity index (χ1v) is 17.8. The topological polar surface area (TPSA) is 196 Å². The van der Waals surface area contributed by atoms with Crippen molar-refractivity contribution in [3.05, 3.63) is 66.4 Å². The minimum Gasteiger partial charge on any atom is -0.453 e. The summed E-state index contributed by atoms with van der Waals surface area (Å²) < 4.78 is 9.21. The Labute approximate surface area is 306 Å². The fraction of sp³-hybridized carbons (Fsp3) is 0.395. The van der Waals surface area contributed by atoms with Crippen molar-refractivity contribution in [2.75, 3.05) is 33.9 Å². The maximum absolute atomic E-state index is 13.6. The highest BCUT2D eigenvalue weighted by molar-refractivity contribution is 5.91. The van der Waals surface area contributed by atoms with E-state index in [0.717, 1.165) is 76.7 Å². The molecule has 3 aromatic heterocycles. The van der Waals surface area contributed by atoms with E-state index in [0.29, 0.717) is 24.6 Å². The molecule has 2 aromatic carbocycles. The van der Waals surface area contributed by atoms with E-state index in [9.17, 15) is 19.2 Å². The van der Waals surface area contributed by atoms with Gasteiger partial charge in [0.25, 0.3) is 0 Å². The second kappa shape index (κ2) is 16.6. The molecule has 15 nitrogen and oxygen atoms in total. The normalized spacial score (nSPS) is 14.7. The highest BCUT2D eigenvalue weighted by Crippen LogP contribution is 2.33. The highest BCUT2D eigenvalue weighted by Gasteiger charge is 2.37. The van der Waals surface area contributed by atoms with E-state index in [1.165, 1.54) is 14.2 Å². The lowest BCUT2D eigenvalue weighted by Gasteiger charge is -2.29. The molecule has 6 rings (SSSR count). The Bertz CT molecular complexity index is 2110. The van der Waals surface area contributed by atoms with Gasteiger partial charge in [0.05, 0.1) is 49.9 Å². The molecule has 4 heterocycles. The van der Waals surface area contributed by atoms with Crippen LogP contribution in [-0.4, -0.2) is 93.7 Å². The molecule has 1 fully saturated rings. The first kappa shape index (κ1) is 36.8. The third kappa shape index (κ3) is 8.73. The predicted octanol–water partition coefficient (Wildman–Crippen LogP) is 5.01. The number of aromatic amines is 2. The number of amides is 4. The average molecular weight is 724 g/mol. The molecule has 1 aliphatic heterocycles. The lowest BCUT2D eigenvalue weighted by Crippen LogP contribution is -2.51. The van der Waals surface area contributed by atoms with Crippen LogP contribution in [0.5, 0.6) is 0 Å². The van der Waals surface area contributed by atoms with Gasteiger partial charge >= 0.3 is 12.2 Å². The first-order chi connectivity index (χ1) is 25.6. The van der Waals surface area contributed by atoms with Gasteiger partial charge in [0.2, 0.25) is 11.8 Å². The van der Waals surface area contributed by atoms with Gasteiger partial charge in [0, 0.05) is 30.6 Å². The number of nitrogens with one attached hydrogen (secondary N) is 5. The number of nitrogens with zero attached hydrogens (tertiary/aromatic N) is 4. The Hall–Kier alpha value is -5.99. The van der Waals surface area contributed by atoms with Crippen molar-refractivity contribution in [2.24, 2.45) is 5.92 Å². The van der Waals surface area contributed by atoms with Gasteiger partial charge in [0.1, 0.15) is 17.7 Å². The number of ether oxygens (including phenoxy) is 2. The number of hydrogen-bond donors (Lipinski definition) is 5. The second-order valence-electron chi connectivity index (χ2n) is 13.4. The Morgan fingerprint density at radius 2 is 1.66 bits per heavy atom. The minimum atomic E-state index is -0.701. The van der Waals surface area contributed by atoms with Crippen LogP contribution in [-0.2, 0) is 25.5 Å². The molecule has 1 aliphatic rings. The highest BCUT2D eigenvalue weighted by atomic mass is 16.5. The van der Waals surface area contributed by atoms with Crippen LogP contribution < -0.4 is 16.0 Å². The number of benzene rings is 2. The number of fused-ring (bicyclic) bond motifs is 2. The standard InChI is InChI=1S/C38H45N9O6/c1-22(2)33(45-38(51)53-4)36(49)47-17-7-8-30(47)35-44-28-15-14-27(43-34(28)46-35)25-12-10-24-19-26(13-11-23(24)18-25)29-20-40-31(42-29)9-5-6-16-39-32(48)21-41-37(50)52-3/h10-15,18-20,22,30,33H,5-9,16-17,21H2,1-4H3,(H,39,48)(H,40,42)(H,41,50)(H,45,51)(H,43,44,46). The number of rotatable bonds is 13. The summed E-state index contributed by atoms with van der Waals surface area (Å²) in [5.41, 5.74) is 5.07. The molecule has 15 heteroatoms. The average Bonchev–Trinajstić information content (AvgIpc) is 3.95. The van der Waals surface area contributed by atoms with Crippen LogP contribution in [0.1, 0.15) is 57.2 Å². The van der Waals surface area contributed by atoms with E-state index in [-0.39, 0.29) is 30.3 Å². The fourth-order valence-electron chi connectivity index (χ4n) is 6.56. The van der Waals surface area contributed by atoms with Gasteiger partial charge in [-0.3, -0.25) is 9.59 Å². The van der Waals surface area contributed by atoms with Crippen LogP contribution in [0.25, 0.3) is 44.5 Å². The molecule has 0 aliphatic carbocycles. The maximum Gasteiger partial charge on any atom is 0.407 e. The van der Waals surface area contributed by atoms with Crippen molar-refractivity contribution in [1.29, 1.82) is 0 Å². The number of pyridine rings is 1. The molecule has 5 N–H and O–H groups in total. The maximum atomic E-state index is 13.6. The monoisotopic (exact) mass is 723 g/mol. The van der Waals surface area contributed by atoms with Gasteiger partial charge in [-0.2, -0.15) is 0 Å². The van der Waals surface area contributed by atoms with Crippen LogP contribution >= 0.6 is 0 Å². The number of methoxy groups -OCH3 is 2. The van der Waals surface area contributed by atoms with Gasteiger partial charge < -0.3 is 40.3 Å². The Morgan fingerprint density at radius 3 is 2.42 bits per heavy atom. The molecule has 4 amide bonds. The number of H-pyrrole nitrogens is 2. The number of alkyl carbamates (subject to hydrolysis) is 2. The number of unbranched alkanes of at least 4 members (excludes halogenated alkanes) is 1. The number of imidazole rings is 2. The smallest absolute Gasteiger partial charge is 0.407 e. The quantitative estimate of drug-likeness (QED) is 0.104. The zero-order valence-electron chi connectivity index (χ0n) is 30.3. The number of carbonyl (C=O) groups is 4. The van der Waals surface area contributed by atoms with Crippen molar-refractivity contribution in [3.8, 4) is 22.5 Å². The van der Waals surface area contributed by atoms with Crippen molar-refractivity contribution < 1.29 is 28.7 Å². The Kier molecular flexibility index (Phi) is 11.5. The molecule has 0 radical (unpaired) electrons. The largest absolute Gasteiger partial charge is 0.453 e. The first-order valence-electron chi connectivity index (χ1n) is 17.8. The van der Waals surface area contributed by atoms with E-state index in [1.54, 1.807) is 4.90 Å². The molecule has 2 atom stereocenters. The SMILES string of the molecule is COC(=O)NCC(=O)NCCCCc1ncc(-c2ccc3cc(-c4ccc5[nH]c(C6CCCN6C(=O)C(NC(=O)OC)C(C)C)nc5n4)ccc3c2)[nH]1. The van der Waals surface area contributed by atoms with E-state index >= 15 is 0 Å². The number of hydrogen-bond acceptors (Lipinski definition) is 9. The Morgan fingerprint density at radius 1 is 0.906 bits per heavy atom. The third-order valence-electron chi connectivity index (χ3n) is 9.42. The molecule has 2 unspecified atom stereocenters. The molecular weight excluding hydrogens is 678 g/mol. The second-order valence-corrected chi connectivity index (χ2v) is 13.4. The fourth-order valence-corrected chi connectivity index (χ4v) is 6.56. The molecule has 53 heavy (non-hydrogen) atoms. The predicted molar refractivity (Wildman–Crippen MR) is 199 cm³/mol. The summed E-state index contributed by atoms with van der Waals surface area (Å²) in [5.74, 6) is 1.02. The van der Waals surface area contributed by atoms with Crippen LogP contribution in [0.4, 0.5) is 9.59 Å². The Balaban J connectivity index is 1.08. The van der Waals surface area contributed by atoms with Crippen molar-refractivity contribution in [3.63, 3.8) is 0 Å². The van der Waals surface area contributed by atoms with Crippen molar-refractivity contribution >= 4 is 45.9 Å². The zero-order valence-corrected chi connectivity index (χ0v) is 30.3. The summed E-state index contributed by atoms with van der Waals surface area (Å²) in [6.07, 6.45) is 4.51. The van der Waals surface area contributed by atoms with Crippen LogP contribution in [0.2, 0.25) is 0 Å². The number of likely N-dealkylation sites (tertiary alicyclic amines) is 1. The lowest BCUT2D eigenvalue weighted by molar-refractivity contribution is -0.135. The third-order valence-corrected chi connectivity index (χ3v) is 9.42. The van der Waals surface area contributed by atoms with E-state index < -0.39 is 18.2 Å². The summed E-state index contributed by atoms with van der Waals surface area (Å²) in [5, 5.41) is 9.96. The molecule has 278 valence electrons. The minimum absolute atomic E-state index is 0.115. The zero-order chi connectivity index (χ0) is 37.5. The van der Waals surface area contributed by atoms with Crippen LogP contribution in [0.3, 0.4) is 0 Å². The van der Waals surface area contributed by atoms with Crippen LogP contribution in [0, 0.1) is 5.92 Å². The molecule has 0 saturated carbocycles. The van der Waals surface area contributed by atoms with Gasteiger partial charge in [0.15, 0.2) is 5.65 Å². The van der Waals surface area contributed by atoms with Crippen LogP contribution in [0.15, 0.2) is 54.7 Å². The van der Waals surface area contributed by atoms with E-state index in [2.05, 4.69) is 66.0 Å². The van der Waals surface area contributed by atoms with E-state index in [4.69, 9.17) is 14.7 Å². The van der Waals surface area contributed by atoms with E-state index in [1.807, 2.05) is 38.2 Å². The molecule has 0 bridgehead atoms. The summed E-state index contributed by atoms with van der Waals surface area (Å²) in [6, 6.07) is 15.5. The van der Waals surface area contributed by atoms with Crippen molar-refractivity contribution in [2.45, 2.75) is 58.0 Å². The molecule has 5 aromatic rings. The summed E-state index contributed by atoms with van der Waals surface area (Å²) in [4.78, 5) is 71.3. The summed E-state index contributed by atoms with van der Waals surface area (Å²) in [7, 11) is 2.53. The lowest BCUT2D eigenvalue weighted by atomic mass is 10.0. The van der Waals surface area contributed by atoms with Gasteiger partial charge in [-0.1, -0.05) is 38.1 Å². The summed E-state index contributed by atoms with van der Waals surface area (Å²) in [6.45, 7) is 4.76. The molecule has 0 spiro atoms. The van der Waals surface area contributed by atoms with Crippen molar-refractivity contribution in [1.82, 2.24) is 45.8 Å². The number of aromatic nitrogens is 5. The molecule has 1 saturated heterocycles. The van der Waals surface area contributed by atoms with Gasteiger partial charge in [-0.15, -0.1) is 0 Å². The number of carbonyl (C=O) groups excluding carboxylic acids is 4. The summed E-state index contributed by atoms with van der Waals surface area (Å²) >= 11 is 0. The van der Waals surface area contributed by atoms with Gasteiger partial charge in [-0.05, 0) is 66.6 Å².